The van der Waals surface area contributed by atoms with Gasteiger partial charge in [0.05, 0.1) is 6.42 Å². The summed E-state index contributed by atoms with van der Waals surface area (Å²) < 4.78 is 0. The Kier molecular flexibility index (Phi) is 4.80. The summed E-state index contributed by atoms with van der Waals surface area (Å²) >= 11 is 0. The fraction of sp³-hybridized carbons (Fsp3) is 0.556. The van der Waals surface area contributed by atoms with Gasteiger partial charge in [-0.15, -0.1) is 0 Å². The highest BCUT2D eigenvalue weighted by molar-refractivity contribution is 5.87. The van der Waals surface area contributed by atoms with E-state index >= 15 is 0 Å². The maximum atomic E-state index is 10.6. The average Bonchev–Trinajstić information content (AvgIpc) is 1.96. The monoisotopic (exact) mass is 186 g/mol. The molecule has 0 fully saturated rings. The lowest BCUT2D eigenvalue weighted by atomic mass is 10.0. The summed E-state index contributed by atoms with van der Waals surface area (Å²) in [6, 6.07) is 0. The van der Waals surface area contributed by atoms with E-state index in [2.05, 4.69) is 0 Å². The Morgan fingerprint density at radius 3 is 2.15 bits per heavy atom. The summed E-state index contributed by atoms with van der Waals surface area (Å²) in [6.45, 7) is 3.77. The van der Waals surface area contributed by atoms with Crippen LogP contribution < -0.4 is 0 Å². The molecule has 0 atom stereocenters. The maximum absolute atomic E-state index is 10.6. The van der Waals surface area contributed by atoms with Crippen molar-refractivity contribution < 1.29 is 19.8 Å². The molecule has 0 radical (unpaired) electrons. The zero-order valence-corrected chi connectivity index (χ0v) is 7.78. The third-order valence-electron chi connectivity index (χ3n) is 1.43. The predicted molar refractivity (Wildman–Crippen MR) is 47.4 cm³/mol. The molecule has 0 bridgehead atoms. The van der Waals surface area contributed by atoms with Crippen LogP contribution in [0.2, 0.25) is 0 Å². The Morgan fingerprint density at radius 2 is 1.85 bits per heavy atom. The molecule has 0 aliphatic carbocycles. The first kappa shape index (κ1) is 11.7. The molecular formula is C9H14O4. The minimum absolute atomic E-state index is 0.178. The lowest BCUT2D eigenvalue weighted by Gasteiger charge is -2.04. The molecule has 0 aromatic heterocycles. The van der Waals surface area contributed by atoms with Crippen molar-refractivity contribution in [2.75, 3.05) is 0 Å². The molecule has 0 aromatic carbocycles. The topological polar surface area (TPSA) is 74.6 Å². The molecule has 4 nitrogen and oxygen atoms in total. The van der Waals surface area contributed by atoms with Gasteiger partial charge in [-0.2, -0.15) is 0 Å². The second-order valence-corrected chi connectivity index (χ2v) is 3.23. The first-order valence-corrected chi connectivity index (χ1v) is 4.07. The van der Waals surface area contributed by atoms with Crippen LogP contribution in [-0.2, 0) is 9.59 Å². The first-order valence-electron chi connectivity index (χ1n) is 4.07. The van der Waals surface area contributed by atoms with Crippen LogP contribution in [0.25, 0.3) is 0 Å². The molecule has 0 amide bonds. The van der Waals surface area contributed by atoms with Gasteiger partial charge in [-0.3, -0.25) is 4.79 Å². The molecule has 4 heteroatoms. The van der Waals surface area contributed by atoms with Crippen LogP contribution in [0.4, 0.5) is 0 Å². The van der Waals surface area contributed by atoms with E-state index in [4.69, 9.17) is 10.2 Å². The molecule has 0 saturated carbocycles. The van der Waals surface area contributed by atoms with E-state index in [1.54, 1.807) is 0 Å². The minimum atomic E-state index is -1.03. The van der Waals surface area contributed by atoms with Gasteiger partial charge in [0.1, 0.15) is 0 Å². The molecule has 74 valence electrons. The van der Waals surface area contributed by atoms with Gasteiger partial charge < -0.3 is 10.2 Å². The van der Waals surface area contributed by atoms with Crippen LogP contribution in [0.3, 0.4) is 0 Å². The van der Waals surface area contributed by atoms with Gasteiger partial charge in [0.25, 0.3) is 0 Å². The van der Waals surface area contributed by atoms with E-state index in [0.717, 1.165) is 0 Å². The minimum Gasteiger partial charge on any atom is -0.481 e. The molecule has 0 aliphatic heterocycles. The lowest BCUT2D eigenvalue weighted by molar-refractivity contribution is -0.136. The largest absolute Gasteiger partial charge is 0.481 e. The molecule has 0 aliphatic rings. The fourth-order valence-electron chi connectivity index (χ4n) is 0.908. The van der Waals surface area contributed by atoms with Gasteiger partial charge in [-0.1, -0.05) is 19.9 Å². The third-order valence-corrected chi connectivity index (χ3v) is 1.43. The number of rotatable bonds is 5. The van der Waals surface area contributed by atoms with E-state index in [1.165, 1.54) is 6.08 Å². The van der Waals surface area contributed by atoms with Crippen molar-refractivity contribution in [2.24, 2.45) is 5.92 Å². The standard InChI is InChI=1S/C9H14O4/c1-6(2)5-7(9(12)13)3-4-8(10)11/h3,6H,4-5H2,1-2H3,(H,10,11)(H,12,13). The van der Waals surface area contributed by atoms with Crippen molar-refractivity contribution in [1.29, 1.82) is 0 Å². The quantitative estimate of drug-likeness (QED) is 0.638. The highest BCUT2D eigenvalue weighted by Gasteiger charge is 2.09. The molecule has 0 aromatic rings. The van der Waals surface area contributed by atoms with Crippen molar-refractivity contribution in [3.8, 4) is 0 Å². The van der Waals surface area contributed by atoms with Crippen molar-refractivity contribution in [1.82, 2.24) is 0 Å². The average molecular weight is 186 g/mol. The van der Waals surface area contributed by atoms with Crippen LogP contribution in [0.5, 0.6) is 0 Å². The van der Waals surface area contributed by atoms with Gasteiger partial charge >= 0.3 is 11.9 Å². The summed E-state index contributed by atoms with van der Waals surface area (Å²) in [5, 5.41) is 17.0. The van der Waals surface area contributed by atoms with Crippen LogP contribution in [0, 0.1) is 5.92 Å². The smallest absolute Gasteiger partial charge is 0.331 e. The zero-order chi connectivity index (χ0) is 10.4. The molecule has 13 heavy (non-hydrogen) atoms. The highest BCUT2D eigenvalue weighted by atomic mass is 16.4. The van der Waals surface area contributed by atoms with Crippen molar-refractivity contribution in [3.05, 3.63) is 11.6 Å². The predicted octanol–water partition coefficient (Wildman–Crippen LogP) is 1.52. The molecule has 2 N–H and O–H groups in total. The lowest BCUT2D eigenvalue weighted by Crippen LogP contribution is -2.05. The van der Waals surface area contributed by atoms with Crippen LogP contribution >= 0.6 is 0 Å². The van der Waals surface area contributed by atoms with Crippen LogP contribution in [0.15, 0.2) is 11.6 Å². The second-order valence-electron chi connectivity index (χ2n) is 3.23. The van der Waals surface area contributed by atoms with Crippen molar-refractivity contribution >= 4 is 11.9 Å². The summed E-state index contributed by atoms with van der Waals surface area (Å²) in [5.74, 6) is -1.83. The maximum Gasteiger partial charge on any atom is 0.331 e. The van der Waals surface area contributed by atoms with Gasteiger partial charge in [0.2, 0.25) is 0 Å². The summed E-state index contributed by atoms with van der Waals surface area (Å²) in [5.41, 5.74) is 0.178. The second kappa shape index (κ2) is 5.35. The van der Waals surface area contributed by atoms with E-state index in [1.807, 2.05) is 13.8 Å². The van der Waals surface area contributed by atoms with Crippen LogP contribution in [0.1, 0.15) is 26.7 Å². The van der Waals surface area contributed by atoms with E-state index < -0.39 is 11.9 Å². The number of carboxylic acids is 2. The van der Waals surface area contributed by atoms with Gasteiger partial charge in [0.15, 0.2) is 0 Å². The Labute approximate surface area is 76.9 Å². The SMILES string of the molecule is CC(C)CC(=CCC(=O)O)C(=O)O. The van der Waals surface area contributed by atoms with Crippen molar-refractivity contribution in [3.63, 3.8) is 0 Å². The Balaban J connectivity index is 4.32. The number of carbonyl (C=O) groups is 2. The third kappa shape index (κ3) is 5.90. The Hall–Kier alpha value is -1.32. The highest BCUT2D eigenvalue weighted by Crippen LogP contribution is 2.11. The summed E-state index contributed by atoms with van der Waals surface area (Å²) in [4.78, 5) is 20.8. The van der Waals surface area contributed by atoms with Gasteiger partial charge in [0, 0.05) is 5.57 Å². The fourth-order valence-corrected chi connectivity index (χ4v) is 0.908. The summed E-state index contributed by atoms with van der Waals surface area (Å²) in [7, 11) is 0. The number of aliphatic carboxylic acids is 2. The number of hydrogen-bond donors (Lipinski definition) is 2. The number of hydrogen-bond acceptors (Lipinski definition) is 2. The van der Waals surface area contributed by atoms with Crippen molar-refractivity contribution in [2.45, 2.75) is 26.7 Å². The van der Waals surface area contributed by atoms with E-state index in [-0.39, 0.29) is 17.9 Å². The van der Waals surface area contributed by atoms with Gasteiger partial charge in [-0.05, 0) is 12.3 Å². The molecule has 0 heterocycles. The Morgan fingerprint density at radius 1 is 1.31 bits per heavy atom. The van der Waals surface area contributed by atoms with E-state index in [9.17, 15) is 9.59 Å². The Bertz CT molecular complexity index is 228. The molecular weight excluding hydrogens is 172 g/mol. The normalized spacial score (nSPS) is 11.8. The molecule has 0 rings (SSSR count). The van der Waals surface area contributed by atoms with E-state index in [0.29, 0.717) is 6.42 Å². The zero-order valence-electron chi connectivity index (χ0n) is 7.78. The molecule has 0 spiro atoms. The number of carboxylic acid groups (broad SMARTS) is 2. The summed E-state index contributed by atoms with van der Waals surface area (Å²) in [6.07, 6.45) is 1.43. The van der Waals surface area contributed by atoms with Crippen LogP contribution in [-0.4, -0.2) is 22.2 Å². The van der Waals surface area contributed by atoms with Gasteiger partial charge in [-0.25, -0.2) is 4.79 Å². The molecule has 0 saturated heterocycles. The first-order chi connectivity index (χ1) is 5.93. The molecule has 0 unspecified atom stereocenters.